The van der Waals surface area contributed by atoms with Crippen molar-refractivity contribution in [3.05, 3.63) is 34.0 Å². The van der Waals surface area contributed by atoms with E-state index in [2.05, 4.69) is 23.4 Å². The Morgan fingerprint density at radius 3 is 3.14 bits per heavy atom. The molecule has 0 aliphatic heterocycles. The molecule has 2 aromatic heterocycles. The first kappa shape index (κ1) is 14.8. The molecule has 6 heteroatoms. The lowest BCUT2D eigenvalue weighted by Gasteiger charge is -2.17. The number of hydrogen-bond acceptors (Lipinski definition) is 4. The summed E-state index contributed by atoms with van der Waals surface area (Å²) in [5.41, 5.74) is 2.14. The number of thiophene rings is 1. The lowest BCUT2D eigenvalue weighted by molar-refractivity contribution is 0.102. The molecule has 2 aromatic rings. The fourth-order valence-electron chi connectivity index (χ4n) is 2.78. The van der Waals surface area contributed by atoms with Crippen molar-refractivity contribution < 1.29 is 4.79 Å². The number of aryl methyl sites for hydroxylation is 1. The van der Waals surface area contributed by atoms with Crippen molar-refractivity contribution >= 4 is 22.2 Å². The normalized spacial score (nSPS) is 16.9. The van der Waals surface area contributed by atoms with Gasteiger partial charge in [0.15, 0.2) is 5.69 Å². The Bertz CT molecular complexity index is 753. The number of nitriles is 1. The highest BCUT2D eigenvalue weighted by molar-refractivity contribution is 7.16. The van der Waals surface area contributed by atoms with Gasteiger partial charge < -0.3 is 5.32 Å². The highest BCUT2D eigenvalue weighted by Gasteiger charge is 2.25. The molecule has 1 unspecified atom stereocenters. The molecule has 1 atom stereocenters. The summed E-state index contributed by atoms with van der Waals surface area (Å²) in [5.74, 6) is 0.386. The summed E-state index contributed by atoms with van der Waals surface area (Å²) in [6.45, 7) is 4.92. The summed E-state index contributed by atoms with van der Waals surface area (Å²) in [4.78, 5) is 13.5. The van der Waals surface area contributed by atoms with Crippen LogP contribution in [0.4, 0.5) is 5.00 Å². The van der Waals surface area contributed by atoms with Gasteiger partial charge in [-0.2, -0.15) is 10.4 Å². The fourth-order valence-corrected chi connectivity index (χ4v) is 4.14. The number of nitrogens with zero attached hydrogens (tertiary/aromatic N) is 3. The highest BCUT2D eigenvalue weighted by atomic mass is 32.1. The smallest absolute Gasteiger partial charge is 0.276 e. The average molecular weight is 314 g/mol. The van der Waals surface area contributed by atoms with Crippen LogP contribution in [0.1, 0.15) is 46.8 Å². The van der Waals surface area contributed by atoms with E-state index in [9.17, 15) is 10.1 Å². The van der Waals surface area contributed by atoms with Gasteiger partial charge in [0.1, 0.15) is 11.1 Å². The third-order valence-electron chi connectivity index (χ3n) is 4.05. The van der Waals surface area contributed by atoms with Crippen LogP contribution in [-0.2, 0) is 19.4 Å². The quantitative estimate of drug-likeness (QED) is 0.945. The third-order valence-corrected chi connectivity index (χ3v) is 5.22. The van der Waals surface area contributed by atoms with Gasteiger partial charge in [0, 0.05) is 17.6 Å². The van der Waals surface area contributed by atoms with Gasteiger partial charge >= 0.3 is 0 Å². The second kappa shape index (κ2) is 5.93. The van der Waals surface area contributed by atoms with Crippen LogP contribution >= 0.6 is 11.3 Å². The third kappa shape index (κ3) is 2.64. The van der Waals surface area contributed by atoms with Crippen molar-refractivity contribution in [3.8, 4) is 6.07 Å². The molecule has 1 N–H and O–H groups in total. The summed E-state index contributed by atoms with van der Waals surface area (Å²) >= 11 is 1.54. The van der Waals surface area contributed by atoms with Gasteiger partial charge in [-0.15, -0.1) is 11.3 Å². The van der Waals surface area contributed by atoms with E-state index in [0.717, 1.165) is 31.4 Å². The first-order valence-electron chi connectivity index (χ1n) is 7.51. The summed E-state index contributed by atoms with van der Waals surface area (Å²) in [6.07, 6.45) is 4.80. The lowest BCUT2D eigenvalue weighted by atomic mass is 9.89. The molecule has 0 aromatic carbocycles. The Labute approximate surface area is 133 Å². The van der Waals surface area contributed by atoms with Gasteiger partial charge in [0.05, 0.1) is 5.56 Å². The van der Waals surface area contributed by atoms with E-state index in [1.165, 1.54) is 16.2 Å². The Hall–Kier alpha value is -2.13. The standard InChI is InChI=1S/C16H18N4OS/c1-3-20-7-6-13(19-20)15(21)18-16-12(9-17)11-5-4-10(2)8-14(11)22-16/h6-7,10H,3-5,8H2,1-2H3,(H,18,21). The molecular weight excluding hydrogens is 296 g/mol. The molecule has 0 spiro atoms. The molecule has 3 rings (SSSR count). The molecule has 0 bridgehead atoms. The molecule has 5 nitrogen and oxygen atoms in total. The highest BCUT2D eigenvalue weighted by Crippen LogP contribution is 2.39. The lowest BCUT2D eigenvalue weighted by Crippen LogP contribution is -2.13. The number of fused-ring (bicyclic) bond motifs is 1. The monoisotopic (exact) mass is 314 g/mol. The number of amides is 1. The van der Waals surface area contributed by atoms with Crippen LogP contribution in [0, 0.1) is 17.2 Å². The first-order valence-corrected chi connectivity index (χ1v) is 8.33. The van der Waals surface area contributed by atoms with Crippen LogP contribution in [0.15, 0.2) is 12.3 Å². The Kier molecular flexibility index (Phi) is 3.99. The van der Waals surface area contributed by atoms with E-state index < -0.39 is 0 Å². The summed E-state index contributed by atoms with van der Waals surface area (Å²) in [5, 5.41) is 17.2. The van der Waals surface area contributed by atoms with Gasteiger partial charge in [0.25, 0.3) is 5.91 Å². The van der Waals surface area contributed by atoms with E-state index in [0.29, 0.717) is 22.2 Å². The topological polar surface area (TPSA) is 70.7 Å². The van der Waals surface area contributed by atoms with Crippen molar-refractivity contribution in [3.63, 3.8) is 0 Å². The van der Waals surface area contributed by atoms with Crippen LogP contribution in [0.25, 0.3) is 0 Å². The minimum Gasteiger partial charge on any atom is -0.311 e. The zero-order valence-corrected chi connectivity index (χ0v) is 13.5. The average Bonchev–Trinajstić information content (AvgIpc) is 3.10. The minimum absolute atomic E-state index is 0.254. The molecule has 22 heavy (non-hydrogen) atoms. The second-order valence-electron chi connectivity index (χ2n) is 5.68. The summed E-state index contributed by atoms with van der Waals surface area (Å²) in [6, 6.07) is 3.96. The van der Waals surface area contributed by atoms with Crippen LogP contribution in [0.3, 0.4) is 0 Å². The van der Waals surface area contributed by atoms with E-state index >= 15 is 0 Å². The molecule has 0 saturated heterocycles. The molecule has 114 valence electrons. The zero-order valence-electron chi connectivity index (χ0n) is 12.7. The van der Waals surface area contributed by atoms with Crippen LogP contribution in [-0.4, -0.2) is 15.7 Å². The van der Waals surface area contributed by atoms with Crippen LogP contribution < -0.4 is 5.32 Å². The molecule has 0 saturated carbocycles. The van der Waals surface area contributed by atoms with E-state index in [4.69, 9.17) is 0 Å². The largest absolute Gasteiger partial charge is 0.311 e. The number of anilines is 1. The molecule has 1 aliphatic rings. The minimum atomic E-state index is -0.254. The molecular formula is C16H18N4OS. The summed E-state index contributed by atoms with van der Waals surface area (Å²) in [7, 11) is 0. The number of rotatable bonds is 3. The number of nitrogens with one attached hydrogen (secondary N) is 1. The first-order chi connectivity index (χ1) is 10.6. The molecule has 1 aliphatic carbocycles. The molecule has 0 radical (unpaired) electrons. The maximum Gasteiger partial charge on any atom is 0.276 e. The van der Waals surface area contributed by atoms with Crippen molar-refractivity contribution in [2.45, 2.75) is 39.7 Å². The SMILES string of the molecule is CCn1ccc(C(=O)Nc2sc3c(c2C#N)CCC(C)C3)n1. The van der Waals surface area contributed by atoms with Crippen molar-refractivity contribution in [2.75, 3.05) is 5.32 Å². The van der Waals surface area contributed by atoms with E-state index in [-0.39, 0.29) is 5.91 Å². The van der Waals surface area contributed by atoms with Gasteiger partial charge in [-0.25, -0.2) is 0 Å². The number of aromatic nitrogens is 2. The van der Waals surface area contributed by atoms with E-state index in [1.54, 1.807) is 16.9 Å². The maximum absolute atomic E-state index is 12.3. The predicted octanol–water partition coefficient (Wildman–Crippen LogP) is 3.21. The number of carbonyl (C=O) groups is 1. The zero-order chi connectivity index (χ0) is 15.7. The summed E-state index contributed by atoms with van der Waals surface area (Å²) < 4.78 is 1.71. The Morgan fingerprint density at radius 2 is 2.45 bits per heavy atom. The van der Waals surface area contributed by atoms with Crippen LogP contribution in [0.5, 0.6) is 0 Å². The maximum atomic E-state index is 12.3. The van der Waals surface area contributed by atoms with Gasteiger partial charge in [-0.3, -0.25) is 9.48 Å². The van der Waals surface area contributed by atoms with Gasteiger partial charge in [-0.05, 0) is 43.7 Å². The molecule has 1 amide bonds. The Morgan fingerprint density at radius 1 is 1.64 bits per heavy atom. The fraction of sp³-hybridized carbons (Fsp3) is 0.438. The molecule has 2 heterocycles. The molecule has 0 fully saturated rings. The van der Waals surface area contributed by atoms with Crippen molar-refractivity contribution in [2.24, 2.45) is 5.92 Å². The Balaban J connectivity index is 1.86. The number of hydrogen-bond donors (Lipinski definition) is 1. The number of carbonyl (C=O) groups excluding carboxylic acids is 1. The van der Waals surface area contributed by atoms with Crippen LogP contribution in [0.2, 0.25) is 0 Å². The van der Waals surface area contributed by atoms with Gasteiger partial charge in [-0.1, -0.05) is 6.92 Å². The van der Waals surface area contributed by atoms with Gasteiger partial charge in [0.2, 0.25) is 0 Å². The van der Waals surface area contributed by atoms with E-state index in [1.807, 2.05) is 6.92 Å². The van der Waals surface area contributed by atoms with Crippen molar-refractivity contribution in [1.82, 2.24) is 9.78 Å². The van der Waals surface area contributed by atoms with Crippen molar-refractivity contribution in [1.29, 1.82) is 5.26 Å². The second-order valence-corrected chi connectivity index (χ2v) is 6.78. The predicted molar refractivity (Wildman–Crippen MR) is 86.1 cm³/mol.